The fraction of sp³-hybridized carbons (Fsp3) is 0.353. The van der Waals surface area contributed by atoms with Gasteiger partial charge in [0, 0.05) is 54.8 Å². The number of fused-ring (bicyclic) bond motifs is 1. The van der Waals surface area contributed by atoms with E-state index in [2.05, 4.69) is 65.1 Å². The lowest BCUT2D eigenvalue weighted by Gasteiger charge is -2.36. The Kier molecular flexibility index (Phi) is 4.20. The minimum Gasteiger partial charge on any atom is -0.368 e. The molecule has 6 nitrogen and oxygen atoms in total. The number of pyridine rings is 1. The molecule has 24 heavy (non-hydrogen) atoms. The predicted octanol–water partition coefficient (Wildman–Crippen LogP) is 3.01. The molecule has 1 aliphatic heterocycles. The zero-order chi connectivity index (χ0) is 16.5. The summed E-state index contributed by atoms with van der Waals surface area (Å²) in [5.41, 5.74) is 2.27. The zero-order valence-electron chi connectivity index (χ0n) is 13.4. The molecule has 0 unspecified atom stereocenters. The van der Waals surface area contributed by atoms with Gasteiger partial charge in [0.05, 0.1) is 12.1 Å². The lowest BCUT2D eigenvalue weighted by molar-refractivity contribution is 0.240. The summed E-state index contributed by atoms with van der Waals surface area (Å²) in [5.74, 6) is 1.39. The third-order valence-corrected chi connectivity index (χ3v) is 4.82. The SMILES string of the molecule is Cc1nc(CN2CCN(c3ccnc4cc(Br)ccc34)CC2)no1. The van der Waals surface area contributed by atoms with Gasteiger partial charge in [-0.2, -0.15) is 4.98 Å². The molecule has 1 aliphatic rings. The number of aromatic nitrogens is 3. The van der Waals surface area contributed by atoms with Crippen molar-refractivity contribution < 1.29 is 4.52 Å². The highest BCUT2D eigenvalue weighted by atomic mass is 79.9. The Hall–Kier alpha value is -1.99. The highest BCUT2D eigenvalue weighted by Crippen LogP contribution is 2.28. The van der Waals surface area contributed by atoms with Crippen LogP contribution in [0.25, 0.3) is 10.9 Å². The molecular formula is C17H18BrN5O. The van der Waals surface area contributed by atoms with Crippen LogP contribution in [0.4, 0.5) is 5.69 Å². The Morgan fingerprint density at radius 1 is 1.17 bits per heavy atom. The molecule has 124 valence electrons. The second-order valence-corrected chi connectivity index (χ2v) is 6.90. The summed E-state index contributed by atoms with van der Waals surface area (Å²) in [5, 5.41) is 5.18. The predicted molar refractivity (Wildman–Crippen MR) is 96.0 cm³/mol. The van der Waals surface area contributed by atoms with Gasteiger partial charge in [0.15, 0.2) is 5.82 Å². The molecule has 0 saturated carbocycles. The van der Waals surface area contributed by atoms with Crippen LogP contribution >= 0.6 is 15.9 Å². The number of hydrogen-bond donors (Lipinski definition) is 0. The van der Waals surface area contributed by atoms with Crippen molar-refractivity contribution in [1.82, 2.24) is 20.0 Å². The third-order valence-electron chi connectivity index (χ3n) is 4.33. The first-order chi connectivity index (χ1) is 11.7. The molecule has 0 aliphatic carbocycles. The van der Waals surface area contributed by atoms with Gasteiger partial charge in [-0.1, -0.05) is 21.1 Å². The largest absolute Gasteiger partial charge is 0.368 e. The lowest BCUT2D eigenvalue weighted by Crippen LogP contribution is -2.46. The molecule has 0 bridgehead atoms. The Labute approximate surface area is 148 Å². The first kappa shape index (κ1) is 15.5. The van der Waals surface area contributed by atoms with Crippen LogP contribution in [0.3, 0.4) is 0 Å². The number of nitrogens with zero attached hydrogens (tertiary/aromatic N) is 5. The highest BCUT2D eigenvalue weighted by Gasteiger charge is 2.20. The van der Waals surface area contributed by atoms with Crippen molar-refractivity contribution in [2.45, 2.75) is 13.5 Å². The number of rotatable bonds is 3. The van der Waals surface area contributed by atoms with Crippen LogP contribution in [0, 0.1) is 6.92 Å². The topological polar surface area (TPSA) is 58.3 Å². The molecule has 2 aromatic heterocycles. The molecule has 4 rings (SSSR count). The Bertz CT molecular complexity index is 857. The average molecular weight is 388 g/mol. The van der Waals surface area contributed by atoms with E-state index in [9.17, 15) is 0 Å². The van der Waals surface area contributed by atoms with E-state index in [1.807, 2.05) is 13.1 Å². The summed E-state index contributed by atoms with van der Waals surface area (Å²) in [7, 11) is 0. The van der Waals surface area contributed by atoms with E-state index in [-0.39, 0.29) is 0 Å². The van der Waals surface area contributed by atoms with Gasteiger partial charge in [0.25, 0.3) is 0 Å². The average Bonchev–Trinajstić information content (AvgIpc) is 3.00. The standard InChI is InChI=1S/C17H18BrN5O/c1-12-20-17(21-24-12)11-22-6-8-23(9-7-22)16-4-5-19-15-10-13(18)2-3-14(15)16/h2-5,10H,6-9,11H2,1H3. The van der Waals surface area contributed by atoms with Crippen LogP contribution < -0.4 is 4.90 Å². The number of anilines is 1. The molecule has 1 aromatic carbocycles. The molecule has 0 N–H and O–H groups in total. The first-order valence-electron chi connectivity index (χ1n) is 8.00. The second kappa shape index (κ2) is 6.49. The summed E-state index contributed by atoms with van der Waals surface area (Å²) in [6.45, 7) is 6.48. The Balaban J connectivity index is 1.48. The quantitative estimate of drug-likeness (QED) is 0.688. The number of benzene rings is 1. The van der Waals surface area contributed by atoms with Gasteiger partial charge >= 0.3 is 0 Å². The van der Waals surface area contributed by atoms with Crippen LogP contribution in [0.1, 0.15) is 11.7 Å². The number of aryl methyl sites for hydroxylation is 1. The van der Waals surface area contributed by atoms with Crippen molar-refractivity contribution in [3.63, 3.8) is 0 Å². The summed E-state index contributed by atoms with van der Waals surface area (Å²) in [6, 6.07) is 8.38. The molecule has 0 spiro atoms. The molecule has 0 amide bonds. The second-order valence-electron chi connectivity index (χ2n) is 5.98. The maximum atomic E-state index is 5.05. The molecule has 3 aromatic rings. The van der Waals surface area contributed by atoms with Crippen LogP contribution in [-0.4, -0.2) is 46.2 Å². The van der Waals surface area contributed by atoms with E-state index >= 15 is 0 Å². The van der Waals surface area contributed by atoms with Crippen molar-refractivity contribution in [2.24, 2.45) is 0 Å². The maximum Gasteiger partial charge on any atom is 0.223 e. The number of piperazine rings is 1. The third kappa shape index (κ3) is 3.14. The highest BCUT2D eigenvalue weighted by molar-refractivity contribution is 9.10. The Morgan fingerprint density at radius 3 is 2.75 bits per heavy atom. The van der Waals surface area contributed by atoms with Gasteiger partial charge in [0.2, 0.25) is 5.89 Å². The van der Waals surface area contributed by atoms with Crippen molar-refractivity contribution in [3.05, 3.63) is 46.7 Å². The Morgan fingerprint density at radius 2 is 2.00 bits per heavy atom. The van der Waals surface area contributed by atoms with Crippen LogP contribution in [-0.2, 0) is 6.54 Å². The zero-order valence-corrected chi connectivity index (χ0v) is 15.0. The van der Waals surface area contributed by atoms with Gasteiger partial charge in [-0.15, -0.1) is 0 Å². The van der Waals surface area contributed by atoms with Crippen LogP contribution in [0.2, 0.25) is 0 Å². The van der Waals surface area contributed by atoms with Crippen molar-refractivity contribution in [3.8, 4) is 0 Å². The van der Waals surface area contributed by atoms with Crippen LogP contribution in [0.5, 0.6) is 0 Å². The molecule has 1 fully saturated rings. The first-order valence-corrected chi connectivity index (χ1v) is 8.79. The minimum absolute atomic E-state index is 0.623. The summed E-state index contributed by atoms with van der Waals surface area (Å²) in [4.78, 5) is 13.6. The minimum atomic E-state index is 0.623. The smallest absolute Gasteiger partial charge is 0.223 e. The fourth-order valence-corrected chi connectivity index (χ4v) is 3.48. The fourth-order valence-electron chi connectivity index (χ4n) is 3.13. The van der Waals surface area contributed by atoms with Crippen molar-refractivity contribution >= 4 is 32.5 Å². The van der Waals surface area contributed by atoms with Gasteiger partial charge in [-0.05, 0) is 24.3 Å². The van der Waals surface area contributed by atoms with E-state index in [1.54, 1.807) is 0 Å². The van der Waals surface area contributed by atoms with Crippen LogP contribution in [0.15, 0.2) is 39.5 Å². The van der Waals surface area contributed by atoms with Crippen molar-refractivity contribution in [1.29, 1.82) is 0 Å². The molecule has 1 saturated heterocycles. The summed E-state index contributed by atoms with van der Waals surface area (Å²) >= 11 is 3.51. The normalized spacial score (nSPS) is 16.0. The van der Waals surface area contributed by atoms with Crippen molar-refractivity contribution in [2.75, 3.05) is 31.1 Å². The molecule has 0 radical (unpaired) electrons. The molecule has 0 atom stereocenters. The van der Waals surface area contributed by atoms with E-state index in [0.29, 0.717) is 5.89 Å². The molecule has 3 heterocycles. The molecular weight excluding hydrogens is 370 g/mol. The van der Waals surface area contributed by atoms with E-state index < -0.39 is 0 Å². The van der Waals surface area contributed by atoms with Gasteiger partial charge < -0.3 is 9.42 Å². The van der Waals surface area contributed by atoms with E-state index in [4.69, 9.17) is 4.52 Å². The lowest BCUT2D eigenvalue weighted by atomic mass is 10.1. The van der Waals surface area contributed by atoms with Gasteiger partial charge in [-0.25, -0.2) is 0 Å². The number of halogens is 1. The van der Waals surface area contributed by atoms with Gasteiger partial charge in [0.1, 0.15) is 0 Å². The summed E-state index contributed by atoms with van der Waals surface area (Å²) < 4.78 is 6.10. The van der Waals surface area contributed by atoms with E-state index in [1.165, 1.54) is 11.1 Å². The maximum absolute atomic E-state index is 5.05. The van der Waals surface area contributed by atoms with E-state index in [0.717, 1.165) is 48.5 Å². The monoisotopic (exact) mass is 387 g/mol. The van der Waals surface area contributed by atoms with Gasteiger partial charge in [-0.3, -0.25) is 9.88 Å². The molecule has 7 heteroatoms. The summed E-state index contributed by atoms with van der Waals surface area (Å²) in [6.07, 6.45) is 1.89. The number of hydrogen-bond acceptors (Lipinski definition) is 6.